The van der Waals surface area contributed by atoms with Gasteiger partial charge in [0.2, 0.25) is 5.95 Å². The number of ether oxygens (including phenoxy) is 2. The fourth-order valence-electron chi connectivity index (χ4n) is 4.46. The number of fused-ring (bicyclic) bond motifs is 3. The lowest BCUT2D eigenvalue weighted by Gasteiger charge is -2.39. The number of hydrogen-bond donors (Lipinski definition) is 1. The van der Waals surface area contributed by atoms with Crippen molar-refractivity contribution in [1.29, 1.82) is 0 Å². The molecule has 164 valence electrons. The van der Waals surface area contributed by atoms with Crippen molar-refractivity contribution in [2.45, 2.75) is 12.1 Å². The van der Waals surface area contributed by atoms with Gasteiger partial charge in [0.05, 0.1) is 12.8 Å². The summed E-state index contributed by atoms with van der Waals surface area (Å²) in [6.45, 7) is 0. The van der Waals surface area contributed by atoms with Gasteiger partial charge >= 0.3 is 0 Å². The summed E-state index contributed by atoms with van der Waals surface area (Å²) in [7, 11) is 1.66. The molecule has 6 rings (SSSR count). The number of nitrogens with zero attached hydrogens (tertiary/aromatic N) is 3. The lowest BCUT2D eigenvalue weighted by Crippen LogP contribution is -2.32. The van der Waals surface area contributed by atoms with Gasteiger partial charge in [-0.15, -0.1) is 0 Å². The maximum atomic E-state index is 6.61. The summed E-state index contributed by atoms with van der Waals surface area (Å²) in [6.07, 6.45) is 1.22. The highest BCUT2D eigenvalue weighted by Gasteiger charge is 2.41. The van der Waals surface area contributed by atoms with E-state index in [1.807, 2.05) is 59.3 Å². The summed E-state index contributed by atoms with van der Waals surface area (Å²) in [5.74, 6) is 2.22. The predicted molar refractivity (Wildman–Crippen MR) is 131 cm³/mol. The molecule has 0 amide bonds. The molecule has 0 fully saturated rings. The van der Waals surface area contributed by atoms with E-state index < -0.39 is 0 Å². The third-order valence-electron chi connectivity index (χ3n) is 5.98. The first kappa shape index (κ1) is 20.3. The maximum absolute atomic E-state index is 6.61. The molecule has 2 atom stereocenters. The van der Waals surface area contributed by atoms with Gasteiger partial charge in [-0.3, -0.25) is 0 Å². The lowest BCUT2D eigenvalue weighted by molar-refractivity contribution is 0.223. The Balaban J connectivity index is 1.61. The van der Waals surface area contributed by atoms with Crippen molar-refractivity contribution >= 4 is 39.2 Å². The van der Waals surface area contributed by atoms with Crippen molar-refractivity contribution in [2.24, 2.45) is 0 Å². The molecule has 0 saturated heterocycles. The zero-order valence-corrected chi connectivity index (χ0v) is 19.8. The number of benzene rings is 3. The lowest BCUT2D eigenvalue weighted by atomic mass is 9.84. The van der Waals surface area contributed by atoms with Crippen molar-refractivity contribution in [3.8, 4) is 11.5 Å². The quantitative estimate of drug-likeness (QED) is 0.345. The maximum Gasteiger partial charge on any atom is 0.226 e. The number of hydrogen-bond acceptors (Lipinski definition) is 5. The minimum atomic E-state index is -0.349. The van der Waals surface area contributed by atoms with Gasteiger partial charge in [-0.05, 0) is 53.6 Å². The van der Waals surface area contributed by atoms with Crippen LogP contribution in [0, 0.1) is 0 Å². The van der Waals surface area contributed by atoms with Crippen molar-refractivity contribution in [1.82, 2.24) is 14.8 Å². The van der Waals surface area contributed by atoms with Gasteiger partial charge in [0.1, 0.15) is 30.0 Å². The van der Waals surface area contributed by atoms with Crippen LogP contribution in [-0.4, -0.2) is 21.9 Å². The van der Waals surface area contributed by atoms with Crippen LogP contribution in [0.2, 0.25) is 5.02 Å². The highest BCUT2D eigenvalue weighted by molar-refractivity contribution is 9.10. The molecule has 33 heavy (non-hydrogen) atoms. The molecule has 0 spiro atoms. The third kappa shape index (κ3) is 3.39. The first-order chi connectivity index (χ1) is 16.1. The van der Waals surface area contributed by atoms with E-state index in [0.29, 0.717) is 11.0 Å². The normalized spacial score (nSPS) is 18.5. The molecule has 2 unspecified atom stereocenters. The molecule has 3 heterocycles. The molecule has 6 nitrogen and oxygen atoms in total. The van der Waals surface area contributed by atoms with Crippen LogP contribution in [0.1, 0.15) is 28.8 Å². The minimum Gasteiger partial charge on any atom is -0.497 e. The van der Waals surface area contributed by atoms with Crippen molar-refractivity contribution < 1.29 is 9.47 Å². The molecule has 0 saturated carbocycles. The number of aromatic nitrogens is 3. The van der Waals surface area contributed by atoms with Gasteiger partial charge in [0.15, 0.2) is 0 Å². The Bertz CT molecular complexity index is 1380. The van der Waals surface area contributed by atoms with Crippen molar-refractivity contribution in [3.05, 3.63) is 105 Å². The van der Waals surface area contributed by atoms with Gasteiger partial charge in [0, 0.05) is 20.6 Å². The smallest absolute Gasteiger partial charge is 0.226 e. The van der Waals surface area contributed by atoms with Crippen LogP contribution in [0.5, 0.6) is 11.5 Å². The topological polar surface area (TPSA) is 61.2 Å². The SMILES string of the molecule is COc1ccc(C2Oc3ccc(Cl)cc3C3=C2C(c2ccc(Br)cc2)n2ncnc2N3)cc1. The van der Waals surface area contributed by atoms with Crippen LogP contribution >= 0.6 is 27.5 Å². The molecule has 2 aliphatic heterocycles. The van der Waals surface area contributed by atoms with Crippen LogP contribution in [0.3, 0.4) is 0 Å². The fourth-order valence-corrected chi connectivity index (χ4v) is 4.90. The minimum absolute atomic E-state index is 0.217. The van der Waals surface area contributed by atoms with E-state index in [0.717, 1.165) is 43.9 Å². The summed E-state index contributed by atoms with van der Waals surface area (Å²) < 4.78 is 14.9. The van der Waals surface area contributed by atoms with Crippen LogP contribution in [-0.2, 0) is 0 Å². The molecule has 1 aromatic heterocycles. The van der Waals surface area contributed by atoms with Crippen molar-refractivity contribution in [2.75, 3.05) is 12.4 Å². The van der Waals surface area contributed by atoms with Gasteiger partial charge in [-0.2, -0.15) is 10.1 Å². The number of nitrogens with one attached hydrogen (secondary N) is 1. The first-order valence-electron chi connectivity index (χ1n) is 10.4. The van der Waals surface area contributed by atoms with Gasteiger partial charge < -0.3 is 14.8 Å². The summed E-state index contributed by atoms with van der Waals surface area (Å²) in [4.78, 5) is 4.46. The average Bonchev–Trinajstić information content (AvgIpc) is 3.31. The summed E-state index contributed by atoms with van der Waals surface area (Å²) in [5.41, 5.74) is 4.96. The van der Waals surface area contributed by atoms with Crippen LogP contribution < -0.4 is 14.8 Å². The fraction of sp³-hybridized carbons (Fsp3) is 0.120. The van der Waals surface area contributed by atoms with E-state index in [1.54, 1.807) is 13.4 Å². The Labute approximate surface area is 204 Å². The summed E-state index contributed by atoms with van der Waals surface area (Å²) >= 11 is 9.93. The van der Waals surface area contributed by atoms with E-state index in [4.69, 9.17) is 21.1 Å². The second-order valence-corrected chi connectivity index (χ2v) is 9.20. The highest BCUT2D eigenvalue weighted by Crippen LogP contribution is 2.51. The van der Waals surface area contributed by atoms with Crippen LogP contribution in [0.25, 0.3) is 5.70 Å². The average molecular weight is 522 g/mol. The first-order valence-corrected chi connectivity index (χ1v) is 11.6. The van der Waals surface area contributed by atoms with E-state index >= 15 is 0 Å². The number of halogens is 2. The third-order valence-corrected chi connectivity index (χ3v) is 6.74. The zero-order valence-electron chi connectivity index (χ0n) is 17.5. The molecule has 4 aromatic rings. The Morgan fingerprint density at radius 2 is 1.79 bits per heavy atom. The molecule has 2 aliphatic rings. The Kier molecular flexibility index (Phi) is 4.89. The molecule has 3 aromatic carbocycles. The summed E-state index contributed by atoms with van der Waals surface area (Å²) in [6, 6.07) is 21.7. The van der Waals surface area contributed by atoms with E-state index in [2.05, 4.69) is 43.5 Å². The molecular formula is C25H18BrClN4O2. The van der Waals surface area contributed by atoms with Crippen LogP contribution in [0.15, 0.2) is 83.1 Å². The highest BCUT2D eigenvalue weighted by atomic mass is 79.9. The Morgan fingerprint density at radius 1 is 1.03 bits per heavy atom. The van der Waals surface area contributed by atoms with E-state index in [9.17, 15) is 0 Å². The van der Waals surface area contributed by atoms with E-state index in [-0.39, 0.29) is 12.1 Å². The Morgan fingerprint density at radius 3 is 2.55 bits per heavy atom. The predicted octanol–water partition coefficient (Wildman–Crippen LogP) is 6.26. The molecule has 0 radical (unpaired) electrons. The monoisotopic (exact) mass is 520 g/mol. The largest absolute Gasteiger partial charge is 0.497 e. The standard InChI is InChI=1S/C25H18BrClN4O2/c1-32-18-9-4-15(5-10-18)24-21-22(19-12-17(27)8-11-20(19)33-24)30-25-28-13-29-31(25)23(21)14-2-6-16(26)7-3-14/h2-13,23-24H,1H3,(H,28,29,30). The van der Waals surface area contributed by atoms with Crippen molar-refractivity contribution in [3.63, 3.8) is 0 Å². The van der Waals surface area contributed by atoms with E-state index in [1.165, 1.54) is 0 Å². The summed E-state index contributed by atoms with van der Waals surface area (Å²) in [5, 5.41) is 8.68. The molecule has 0 bridgehead atoms. The zero-order chi connectivity index (χ0) is 22.5. The van der Waals surface area contributed by atoms with Crippen LogP contribution in [0.4, 0.5) is 5.95 Å². The van der Waals surface area contributed by atoms with Gasteiger partial charge in [-0.1, -0.05) is 51.8 Å². The second-order valence-electron chi connectivity index (χ2n) is 7.85. The van der Waals surface area contributed by atoms with Gasteiger partial charge in [0.25, 0.3) is 0 Å². The number of anilines is 1. The Hall–Kier alpha value is -3.29. The molecule has 0 aliphatic carbocycles. The molecule has 1 N–H and O–H groups in total. The second kappa shape index (κ2) is 7.93. The van der Waals surface area contributed by atoms with Gasteiger partial charge in [-0.25, -0.2) is 4.68 Å². The molecular weight excluding hydrogens is 504 g/mol. The molecule has 8 heteroatoms. The number of rotatable bonds is 3. The number of methoxy groups -OCH3 is 1.